The van der Waals surface area contributed by atoms with Crippen LogP contribution in [0.15, 0.2) is 24.3 Å². The van der Waals surface area contributed by atoms with Gasteiger partial charge < -0.3 is 16.0 Å². The molecule has 1 heterocycles. The van der Waals surface area contributed by atoms with Gasteiger partial charge in [0, 0.05) is 6.54 Å². The van der Waals surface area contributed by atoms with Gasteiger partial charge in [0.2, 0.25) is 11.8 Å². The lowest BCUT2D eigenvalue weighted by atomic mass is 9.86. The maximum Gasteiger partial charge on any atom is 0.243 e. The normalized spacial score (nSPS) is 22.4. The van der Waals surface area contributed by atoms with Crippen molar-refractivity contribution in [3.8, 4) is 0 Å². The third kappa shape index (κ3) is 4.52. The van der Waals surface area contributed by atoms with E-state index in [1.165, 1.54) is 18.4 Å². The maximum absolute atomic E-state index is 12.9. The molecule has 0 radical (unpaired) electrons. The van der Waals surface area contributed by atoms with Gasteiger partial charge >= 0.3 is 0 Å². The lowest BCUT2D eigenvalue weighted by Crippen LogP contribution is -2.55. The Morgan fingerprint density at radius 3 is 2.33 bits per heavy atom. The highest BCUT2D eigenvalue weighted by molar-refractivity contribution is 5.90. The van der Waals surface area contributed by atoms with E-state index in [0.29, 0.717) is 13.0 Å². The minimum absolute atomic E-state index is 0.0827. The molecular weight excluding hydrogens is 338 g/mol. The smallest absolute Gasteiger partial charge is 0.243 e. The fourth-order valence-electron chi connectivity index (χ4n) is 3.72. The highest BCUT2D eigenvalue weighted by atomic mass is 16.2. The van der Waals surface area contributed by atoms with Crippen molar-refractivity contribution in [2.45, 2.75) is 77.4 Å². The van der Waals surface area contributed by atoms with Crippen LogP contribution in [0.2, 0.25) is 0 Å². The van der Waals surface area contributed by atoms with Crippen molar-refractivity contribution in [2.75, 3.05) is 6.54 Å². The first-order valence-corrected chi connectivity index (χ1v) is 10.1. The van der Waals surface area contributed by atoms with Crippen LogP contribution in [-0.2, 0) is 9.59 Å². The molecule has 0 bridgehead atoms. The Labute approximate surface area is 162 Å². The number of carbonyl (C=O) groups is 2. The minimum atomic E-state index is -0.599. The van der Waals surface area contributed by atoms with Crippen LogP contribution in [0.5, 0.6) is 0 Å². The van der Waals surface area contributed by atoms with Crippen LogP contribution in [-0.4, -0.2) is 35.3 Å². The predicted molar refractivity (Wildman–Crippen MR) is 107 cm³/mol. The molecule has 148 valence electrons. The minimum Gasteiger partial charge on any atom is -0.348 e. The number of hydrogen-bond acceptors (Lipinski definition) is 3. The van der Waals surface area contributed by atoms with Gasteiger partial charge in [-0.25, -0.2) is 0 Å². The number of nitrogens with one attached hydrogen (secondary N) is 1. The number of rotatable bonds is 5. The molecular formula is C22H33N3O2. The lowest BCUT2D eigenvalue weighted by Gasteiger charge is -2.33. The van der Waals surface area contributed by atoms with Gasteiger partial charge in [0.05, 0.1) is 12.1 Å². The monoisotopic (exact) mass is 371 g/mol. The summed E-state index contributed by atoms with van der Waals surface area (Å²) in [4.78, 5) is 27.3. The standard InChI is InChI=1S/C22H33N3O2/c1-14(15-7-9-16(10-8-15)17-11-12-17)24-20(26)18-6-5-13-25(18)21(27)19(23)22(2,3)4/h7-10,14,17-19H,5-6,11-13,23H2,1-4H3,(H,24,26). The molecule has 3 atom stereocenters. The number of carbonyl (C=O) groups excluding carboxylic acids is 2. The van der Waals surface area contributed by atoms with Gasteiger partial charge in [-0.3, -0.25) is 9.59 Å². The molecule has 2 aliphatic rings. The van der Waals surface area contributed by atoms with Gasteiger partial charge in [0.25, 0.3) is 0 Å². The molecule has 1 saturated carbocycles. The summed E-state index contributed by atoms with van der Waals surface area (Å²) in [5, 5.41) is 3.09. The van der Waals surface area contributed by atoms with Crippen molar-refractivity contribution in [2.24, 2.45) is 11.1 Å². The Bertz CT molecular complexity index is 689. The molecule has 1 aromatic rings. The first-order valence-electron chi connectivity index (χ1n) is 10.1. The Hall–Kier alpha value is -1.88. The summed E-state index contributed by atoms with van der Waals surface area (Å²) in [7, 11) is 0. The van der Waals surface area contributed by atoms with Gasteiger partial charge in [-0.2, -0.15) is 0 Å². The molecule has 27 heavy (non-hydrogen) atoms. The van der Waals surface area contributed by atoms with Crippen molar-refractivity contribution >= 4 is 11.8 Å². The molecule has 1 aliphatic heterocycles. The topological polar surface area (TPSA) is 75.4 Å². The summed E-state index contributed by atoms with van der Waals surface area (Å²) in [5.74, 6) is 0.524. The number of hydrogen-bond donors (Lipinski definition) is 2. The predicted octanol–water partition coefficient (Wildman–Crippen LogP) is 3.11. The second-order valence-corrected chi connectivity index (χ2v) is 9.20. The Kier molecular flexibility index (Phi) is 5.61. The summed E-state index contributed by atoms with van der Waals surface area (Å²) in [6.45, 7) is 8.45. The first kappa shape index (κ1) is 19.9. The van der Waals surface area contributed by atoms with Crippen LogP contribution in [0.4, 0.5) is 0 Å². The van der Waals surface area contributed by atoms with E-state index in [2.05, 4.69) is 29.6 Å². The molecule has 2 fully saturated rings. The third-order valence-corrected chi connectivity index (χ3v) is 5.88. The SMILES string of the molecule is CC(NC(=O)C1CCCN1C(=O)C(N)C(C)(C)C)c1ccc(C2CC2)cc1. The van der Waals surface area contributed by atoms with Crippen LogP contribution in [0.3, 0.4) is 0 Å². The van der Waals surface area contributed by atoms with Gasteiger partial charge in [0.1, 0.15) is 6.04 Å². The second-order valence-electron chi connectivity index (χ2n) is 9.20. The molecule has 1 aliphatic carbocycles. The molecule has 5 nitrogen and oxygen atoms in total. The zero-order chi connectivity index (χ0) is 19.8. The third-order valence-electron chi connectivity index (χ3n) is 5.88. The van der Waals surface area contributed by atoms with Gasteiger partial charge in [-0.1, -0.05) is 45.0 Å². The van der Waals surface area contributed by atoms with E-state index in [0.717, 1.165) is 17.9 Å². The summed E-state index contributed by atoms with van der Waals surface area (Å²) < 4.78 is 0. The quantitative estimate of drug-likeness (QED) is 0.835. The highest BCUT2D eigenvalue weighted by Crippen LogP contribution is 2.40. The molecule has 0 aromatic heterocycles. The molecule has 2 amide bonds. The van der Waals surface area contributed by atoms with Crippen molar-refractivity contribution < 1.29 is 9.59 Å². The van der Waals surface area contributed by atoms with Gasteiger partial charge in [-0.15, -0.1) is 0 Å². The van der Waals surface area contributed by atoms with E-state index in [1.54, 1.807) is 4.90 Å². The van der Waals surface area contributed by atoms with Gasteiger partial charge in [-0.05, 0) is 55.1 Å². The molecule has 5 heteroatoms. The summed E-state index contributed by atoms with van der Waals surface area (Å²) in [6.07, 6.45) is 4.11. The van der Waals surface area contributed by atoms with Crippen molar-refractivity contribution in [3.05, 3.63) is 35.4 Å². The van der Waals surface area contributed by atoms with Crippen LogP contribution < -0.4 is 11.1 Å². The molecule has 3 rings (SSSR count). The van der Waals surface area contributed by atoms with Crippen molar-refractivity contribution in [1.29, 1.82) is 0 Å². The average Bonchev–Trinajstić information content (AvgIpc) is 3.36. The molecule has 3 unspecified atom stereocenters. The Morgan fingerprint density at radius 1 is 1.15 bits per heavy atom. The molecule has 1 aromatic carbocycles. The van der Waals surface area contributed by atoms with Crippen LogP contribution in [0.25, 0.3) is 0 Å². The van der Waals surface area contributed by atoms with Crippen molar-refractivity contribution in [1.82, 2.24) is 10.2 Å². The summed E-state index contributed by atoms with van der Waals surface area (Å²) in [5.41, 5.74) is 8.31. The number of benzene rings is 1. The van der Waals surface area contributed by atoms with Crippen molar-refractivity contribution in [3.63, 3.8) is 0 Å². The lowest BCUT2D eigenvalue weighted by molar-refractivity contribution is -0.141. The largest absolute Gasteiger partial charge is 0.348 e. The number of nitrogens with two attached hydrogens (primary N) is 1. The average molecular weight is 372 g/mol. The zero-order valence-corrected chi connectivity index (χ0v) is 17.0. The molecule has 0 spiro atoms. The first-order chi connectivity index (χ1) is 12.7. The van der Waals surface area contributed by atoms with Crippen LogP contribution in [0, 0.1) is 5.41 Å². The Morgan fingerprint density at radius 2 is 1.78 bits per heavy atom. The molecule has 3 N–H and O–H groups in total. The van der Waals surface area contributed by atoms with E-state index in [-0.39, 0.29) is 23.3 Å². The highest BCUT2D eigenvalue weighted by Gasteiger charge is 2.39. The zero-order valence-electron chi connectivity index (χ0n) is 17.0. The van der Waals surface area contributed by atoms with Crippen LogP contribution >= 0.6 is 0 Å². The number of nitrogens with zero attached hydrogens (tertiary/aromatic N) is 1. The Balaban J connectivity index is 1.62. The second kappa shape index (κ2) is 7.63. The van der Waals surface area contributed by atoms with Gasteiger partial charge in [0.15, 0.2) is 0 Å². The van der Waals surface area contributed by atoms with E-state index < -0.39 is 12.1 Å². The van der Waals surface area contributed by atoms with E-state index in [4.69, 9.17) is 5.73 Å². The van der Waals surface area contributed by atoms with Crippen LogP contribution in [0.1, 0.15) is 76.5 Å². The fraction of sp³-hybridized carbons (Fsp3) is 0.636. The van der Waals surface area contributed by atoms with E-state index in [1.807, 2.05) is 27.7 Å². The number of likely N-dealkylation sites (tertiary alicyclic amines) is 1. The summed E-state index contributed by atoms with van der Waals surface area (Å²) in [6, 6.07) is 7.45. The van der Waals surface area contributed by atoms with E-state index >= 15 is 0 Å². The maximum atomic E-state index is 12.9. The molecule has 1 saturated heterocycles. The fourth-order valence-corrected chi connectivity index (χ4v) is 3.72. The number of amides is 2. The summed E-state index contributed by atoms with van der Waals surface area (Å²) >= 11 is 0. The van der Waals surface area contributed by atoms with E-state index in [9.17, 15) is 9.59 Å².